The van der Waals surface area contributed by atoms with E-state index in [1.165, 1.54) is 10.6 Å². The van der Waals surface area contributed by atoms with Crippen molar-refractivity contribution >= 4 is 61.7 Å². The fourth-order valence-corrected chi connectivity index (χ4v) is 4.09. The van der Waals surface area contributed by atoms with Crippen LogP contribution >= 0.6 is 23.7 Å². The van der Waals surface area contributed by atoms with Gasteiger partial charge >= 0.3 is 0 Å². The van der Waals surface area contributed by atoms with Gasteiger partial charge in [-0.3, -0.25) is 4.31 Å². The highest BCUT2D eigenvalue weighted by Gasteiger charge is 2.24. The molecule has 0 aromatic heterocycles. The second-order valence-corrected chi connectivity index (χ2v) is 5.82. The van der Waals surface area contributed by atoms with Gasteiger partial charge in [0, 0.05) is 16.0 Å². The topological polar surface area (TPSA) is 3.24 Å². The van der Waals surface area contributed by atoms with Crippen molar-refractivity contribution in [1.29, 1.82) is 0 Å². The summed E-state index contributed by atoms with van der Waals surface area (Å²) < 4.78 is 2.16. The number of hydrogen-bond donors (Lipinski definition) is 0. The molecule has 0 N–H and O–H groups in total. The van der Waals surface area contributed by atoms with Gasteiger partial charge in [-0.25, -0.2) is 0 Å². The highest BCUT2D eigenvalue weighted by molar-refractivity contribution is 8.02. The minimum atomic E-state index is 0.708. The summed E-state index contributed by atoms with van der Waals surface area (Å²) in [5.41, 5.74) is 3.65. The molecule has 0 unspecified atom stereocenters. The van der Waals surface area contributed by atoms with Gasteiger partial charge in [0.25, 0.3) is 0 Å². The van der Waals surface area contributed by atoms with E-state index in [2.05, 4.69) is 16.4 Å². The SMILES string of the molecule is [B]c1cc([B])c2c(c1)Sc1ccccc1N2SC. The maximum absolute atomic E-state index is 6.12. The lowest BCUT2D eigenvalue weighted by atomic mass is 9.86. The molecule has 1 aliphatic rings. The maximum Gasteiger partial charge on any atom is 0.116 e. The van der Waals surface area contributed by atoms with Crippen LogP contribution < -0.4 is 15.2 Å². The fourth-order valence-electron chi connectivity index (χ4n) is 2.09. The van der Waals surface area contributed by atoms with Crippen LogP contribution in [0, 0.1) is 0 Å². The van der Waals surface area contributed by atoms with E-state index in [4.69, 9.17) is 15.7 Å². The molecule has 0 amide bonds. The first-order valence-corrected chi connectivity index (χ1v) is 7.50. The van der Waals surface area contributed by atoms with Crippen LogP contribution in [-0.4, -0.2) is 21.9 Å². The summed E-state index contributed by atoms with van der Waals surface area (Å²) in [5, 5.41) is 0. The first kappa shape index (κ1) is 12.1. The highest BCUT2D eigenvalue weighted by Crippen LogP contribution is 2.48. The summed E-state index contributed by atoms with van der Waals surface area (Å²) in [6.07, 6.45) is 2.05. The average Bonchev–Trinajstić information content (AvgIpc) is 2.35. The van der Waals surface area contributed by atoms with E-state index in [0.717, 1.165) is 16.0 Å². The molecule has 4 radical (unpaired) electrons. The number of hydrogen-bond acceptors (Lipinski definition) is 3. The van der Waals surface area contributed by atoms with Gasteiger partial charge < -0.3 is 0 Å². The Balaban J connectivity index is 2.24. The lowest BCUT2D eigenvalue weighted by Gasteiger charge is -2.32. The quantitative estimate of drug-likeness (QED) is 0.574. The smallest absolute Gasteiger partial charge is 0.116 e. The largest absolute Gasteiger partial charge is 0.283 e. The highest BCUT2D eigenvalue weighted by atomic mass is 32.2. The van der Waals surface area contributed by atoms with Crippen molar-refractivity contribution in [3.8, 4) is 0 Å². The molecule has 0 fully saturated rings. The summed E-state index contributed by atoms with van der Waals surface area (Å²) in [4.78, 5) is 2.34. The Hall–Kier alpha value is -0.930. The summed E-state index contributed by atoms with van der Waals surface area (Å²) in [5.74, 6) is 0. The Labute approximate surface area is 118 Å². The molecule has 1 heterocycles. The van der Waals surface area contributed by atoms with Crippen LogP contribution in [0.5, 0.6) is 0 Å². The molecule has 18 heavy (non-hydrogen) atoms. The normalized spacial score (nSPS) is 13.1. The van der Waals surface area contributed by atoms with E-state index in [-0.39, 0.29) is 0 Å². The van der Waals surface area contributed by atoms with Crippen molar-refractivity contribution in [3.05, 3.63) is 36.4 Å². The molecule has 1 nitrogen and oxygen atoms in total. The minimum Gasteiger partial charge on any atom is -0.283 e. The van der Waals surface area contributed by atoms with Gasteiger partial charge in [-0.15, -0.1) is 0 Å². The van der Waals surface area contributed by atoms with Gasteiger partial charge in [0.05, 0.1) is 11.4 Å². The zero-order valence-corrected chi connectivity index (χ0v) is 11.5. The Kier molecular flexibility index (Phi) is 3.12. The molecule has 0 spiro atoms. The molecular weight excluding hydrogens is 256 g/mol. The van der Waals surface area contributed by atoms with Crippen molar-refractivity contribution < 1.29 is 0 Å². The van der Waals surface area contributed by atoms with E-state index in [0.29, 0.717) is 5.46 Å². The van der Waals surface area contributed by atoms with Crippen LogP contribution in [-0.2, 0) is 0 Å². The Morgan fingerprint density at radius 3 is 2.67 bits per heavy atom. The molecule has 84 valence electrons. The molecule has 2 aromatic rings. The molecule has 2 aromatic carbocycles. The van der Waals surface area contributed by atoms with Crippen LogP contribution in [0.15, 0.2) is 46.2 Å². The third-order valence-corrected chi connectivity index (χ3v) is 4.66. The maximum atomic E-state index is 6.12. The number of fused-ring (bicyclic) bond motifs is 2. The van der Waals surface area contributed by atoms with Gasteiger partial charge in [-0.05, 0) is 24.1 Å². The first-order chi connectivity index (χ1) is 8.70. The zero-order valence-electron chi connectivity index (χ0n) is 9.88. The first-order valence-electron chi connectivity index (χ1n) is 5.51. The number of para-hydroxylation sites is 1. The van der Waals surface area contributed by atoms with E-state index in [9.17, 15) is 0 Å². The third-order valence-electron chi connectivity index (χ3n) is 2.82. The molecule has 0 saturated carbocycles. The van der Waals surface area contributed by atoms with Crippen molar-refractivity contribution in [3.63, 3.8) is 0 Å². The molecule has 0 saturated heterocycles. The minimum absolute atomic E-state index is 0.708. The summed E-state index contributed by atoms with van der Waals surface area (Å²) >= 11 is 3.37. The number of benzene rings is 2. The van der Waals surface area contributed by atoms with Crippen LogP contribution in [0.4, 0.5) is 11.4 Å². The van der Waals surface area contributed by atoms with Crippen molar-refractivity contribution in [2.75, 3.05) is 10.6 Å². The van der Waals surface area contributed by atoms with Crippen molar-refractivity contribution in [2.45, 2.75) is 9.79 Å². The molecule has 0 atom stereocenters. The number of nitrogens with zero attached hydrogens (tertiary/aromatic N) is 1. The van der Waals surface area contributed by atoms with E-state index in [1.54, 1.807) is 23.7 Å². The van der Waals surface area contributed by atoms with Crippen LogP contribution in [0.3, 0.4) is 0 Å². The molecule has 1 aliphatic heterocycles. The molecule has 0 aliphatic carbocycles. The van der Waals surface area contributed by atoms with Crippen LogP contribution in [0.2, 0.25) is 0 Å². The summed E-state index contributed by atoms with van der Waals surface area (Å²) in [6.45, 7) is 0. The van der Waals surface area contributed by atoms with Crippen LogP contribution in [0.25, 0.3) is 0 Å². The Bertz CT molecular complexity index is 616. The van der Waals surface area contributed by atoms with E-state index >= 15 is 0 Å². The molecular formula is C13H9B2NS2. The Morgan fingerprint density at radius 2 is 1.89 bits per heavy atom. The standard InChI is InChI=1S/C13H9B2NS2/c1-17-16-10-4-2-3-5-11(10)18-12-7-8(14)6-9(15)13(12)16/h2-7H,1H3. The van der Waals surface area contributed by atoms with E-state index < -0.39 is 0 Å². The lowest BCUT2D eigenvalue weighted by Crippen LogP contribution is -2.24. The number of rotatable bonds is 1. The second-order valence-electron chi connectivity index (χ2n) is 4.00. The molecule has 0 bridgehead atoms. The summed E-state index contributed by atoms with van der Waals surface area (Å²) in [6, 6.07) is 12.1. The average molecular weight is 265 g/mol. The third kappa shape index (κ3) is 1.86. The molecule has 5 heteroatoms. The van der Waals surface area contributed by atoms with Crippen LogP contribution in [0.1, 0.15) is 0 Å². The zero-order chi connectivity index (χ0) is 12.7. The fraction of sp³-hybridized carbons (Fsp3) is 0.0769. The second kappa shape index (κ2) is 4.63. The Morgan fingerprint density at radius 1 is 1.11 bits per heavy atom. The molecule has 3 rings (SSSR count). The van der Waals surface area contributed by atoms with Gasteiger partial charge in [-0.2, -0.15) is 0 Å². The van der Waals surface area contributed by atoms with Crippen molar-refractivity contribution in [2.24, 2.45) is 0 Å². The van der Waals surface area contributed by atoms with Gasteiger partial charge in [0.15, 0.2) is 0 Å². The number of anilines is 2. The monoisotopic (exact) mass is 265 g/mol. The predicted molar refractivity (Wildman–Crippen MR) is 83.4 cm³/mol. The van der Waals surface area contributed by atoms with E-state index in [1.807, 2.05) is 30.5 Å². The van der Waals surface area contributed by atoms with Gasteiger partial charge in [0.2, 0.25) is 0 Å². The predicted octanol–water partition coefficient (Wildman–Crippen LogP) is 2.15. The van der Waals surface area contributed by atoms with Crippen molar-refractivity contribution in [1.82, 2.24) is 0 Å². The lowest BCUT2D eigenvalue weighted by molar-refractivity contribution is 1.26. The van der Waals surface area contributed by atoms with Gasteiger partial charge in [-0.1, -0.05) is 47.0 Å². The van der Waals surface area contributed by atoms with Gasteiger partial charge in [0.1, 0.15) is 15.7 Å². The summed E-state index contributed by atoms with van der Waals surface area (Å²) in [7, 11) is 12.0.